The van der Waals surface area contributed by atoms with Crippen LogP contribution in [0, 0.1) is 12.3 Å². The Labute approximate surface area is 112 Å². The fraction of sp³-hybridized carbons (Fsp3) is 0.364. The molecule has 102 valence electrons. The minimum absolute atomic E-state index is 0.0627. The standard InChI is InChI=1S/C11H10F3N3OS/c1-3-5-15-9(18)7(2)19-10-16-6-4-8(17-10)11(12,13)14/h1,4,6-7H,5H2,2H3,(H,15,18)/t7-/m0/s1. The van der Waals surface area contributed by atoms with Gasteiger partial charge in [0.1, 0.15) is 5.69 Å². The van der Waals surface area contributed by atoms with Gasteiger partial charge in [-0.05, 0) is 13.0 Å². The van der Waals surface area contributed by atoms with Crippen molar-refractivity contribution in [3.63, 3.8) is 0 Å². The predicted octanol–water partition coefficient (Wildman–Crippen LogP) is 1.73. The summed E-state index contributed by atoms with van der Waals surface area (Å²) < 4.78 is 37.3. The summed E-state index contributed by atoms with van der Waals surface area (Å²) in [4.78, 5) is 18.5. The summed E-state index contributed by atoms with van der Waals surface area (Å²) >= 11 is 0.830. The first-order valence-corrected chi connectivity index (χ1v) is 6.00. The van der Waals surface area contributed by atoms with Crippen LogP contribution < -0.4 is 5.32 Å². The number of amides is 1. The van der Waals surface area contributed by atoms with Crippen molar-refractivity contribution < 1.29 is 18.0 Å². The molecule has 19 heavy (non-hydrogen) atoms. The van der Waals surface area contributed by atoms with Gasteiger partial charge in [-0.2, -0.15) is 13.2 Å². The number of nitrogens with zero attached hydrogens (tertiary/aromatic N) is 2. The summed E-state index contributed by atoms with van der Waals surface area (Å²) in [6.45, 7) is 1.59. The third kappa shape index (κ3) is 4.79. The van der Waals surface area contributed by atoms with Crippen LogP contribution >= 0.6 is 11.8 Å². The second-order valence-corrected chi connectivity index (χ2v) is 4.71. The minimum Gasteiger partial charge on any atom is -0.344 e. The summed E-state index contributed by atoms with van der Waals surface area (Å²) in [5.74, 6) is 1.84. The molecule has 1 rings (SSSR count). The molecule has 1 aromatic rings. The maximum absolute atomic E-state index is 12.4. The van der Waals surface area contributed by atoms with E-state index < -0.39 is 17.1 Å². The highest BCUT2D eigenvalue weighted by Crippen LogP contribution is 2.29. The van der Waals surface area contributed by atoms with Crippen molar-refractivity contribution in [2.24, 2.45) is 0 Å². The van der Waals surface area contributed by atoms with E-state index in [-0.39, 0.29) is 17.6 Å². The minimum atomic E-state index is -4.53. The average molecular weight is 289 g/mol. The van der Waals surface area contributed by atoms with Gasteiger partial charge in [0, 0.05) is 6.20 Å². The molecular weight excluding hydrogens is 279 g/mol. The van der Waals surface area contributed by atoms with Gasteiger partial charge < -0.3 is 5.32 Å². The van der Waals surface area contributed by atoms with Crippen molar-refractivity contribution in [1.29, 1.82) is 0 Å². The van der Waals surface area contributed by atoms with Crippen LogP contribution in [0.4, 0.5) is 13.2 Å². The molecule has 0 aliphatic carbocycles. The lowest BCUT2D eigenvalue weighted by Crippen LogP contribution is -2.31. The number of nitrogens with one attached hydrogen (secondary N) is 1. The number of carbonyl (C=O) groups is 1. The second kappa shape index (κ2) is 6.43. The van der Waals surface area contributed by atoms with Gasteiger partial charge in [-0.25, -0.2) is 9.97 Å². The van der Waals surface area contributed by atoms with Crippen LogP contribution in [0.3, 0.4) is 0 Å². The van der Waals surface area contributed by atoms with Gasteiger partial charge in [0.2, 0.25) is 5.91 Å². The van der Waals surface area contributed by atoms with Gasteiger partial charge in [0.25, 0.3) is 0 Å². The van der Waals surface area contributed by atoms with Gasteiger partial charge in [0.05, 0.1) is 11.8 Å². The summed E-state index contributed by atoms with van der Waals surface area (Å²) in [5, 5.41) is 1.67. The molecule has 4 nitrogen and oxygen atoms in total. The largest absolute Gasteiger partial charge is 0.433 e. The van der Waals surface area contributed by atoms with Crippen LogP contribution in [0.15, 0.2) is 17.4 Å². The van der Waals surface area contributed by atoms with E-state index in [0.29, 0.717) is 0 Å². The fourth-order valence-corrected chi connectivity index (χ4v) is 1.83. The SMILES string of the molecule is C#CCNC(=O)[C@H](C)Sc1nccc(C(F)(F)F)n1. The number of terminal acetylenes is 1. The van der Waals surface area contributed by atoms with Crippen LogP contribution in [0.5, 0.6) is 0 Å². The molecule has 1 atom stereocenters. The lowest BCUT2D eigenvalue weighted by atomic mass is 10.4. The first-order valence-electron chi connectivity index (χ1n) is 5.12. The predicted molar refractivity (Wildman–Crippen MR) is 64.2 cm³/mol. The Morgan fingerprint density at radius 3 is 2.89 bits per heavy atom. The molecule has 1 N–H and O–H groups in total. The number of hydrogen-bond acceptors (Lipinski definition) is 4. The molecule has 0 aliphatic rings. The third-order valence-corrected chi connectivity index (χ3v) is 2.92. The number of alkyl halides is 3. The first kappa shape index (κ1) is 15.3. The first-order chi connectivity index (χ1) is 8.84. The summed E-state index contributed by atoms with van der Waals surface area (Å²) in [5.41, 5.74) is -1.04. The van der Waals surface area contributed by atoms with Crippen molar-refractivity contribution in [3.05, 3.63) is 18.0 Å². The Morgan fingerprint density at radius 2 is 2.32 bits per heavy atom. The molecule has 0 aromatic carbocycles. The van der Waals surface area contributed by atoms with E-state index >= 15 is 0 Å². The normalized spacial score (nSPS) is 12.6. The number of rotatable bonds is 4. The third-order valence-electron chi connectivity index (χ3n) is 1.94. The van der Waals surface area contributed by atoms with Gasteiger partial charge in [-0.1, -0.05) is 17.7 Å². The van der Waals surface area contributed by atoms with Crippen LogP contribution in [-0.4, -0.2) is 27.7 Å². The molecule has 0 saturated heterocycles. The molecule has 0 bridgehead atoms. The molecule has 1 aromatic heterocycles. The lowest BCUT2D eigenvalue weighted by Gasteiger charge is -2.10. The summed E-state index contributed by atoms with van der Waals surface area (Å²) in [7, 11) is 0. The number of thioether (sulfide) groups is 1. The van der Waals surface area contributed by atoms with Crippen LogP contribution in [0.25, 0.3) is 0 Å². The Morgan fingerprint density at radius 1 is 1.63 bits per heavy atom. The molecule has 0 saturated carbocycles. The molecule has 0 fully saturated rings. The highest BCUT2D eigenvalue weighted by atomic mass is 32.2. The Hall–Kier alpha value is -1.75. The molecule has 1 amide bonds. The molecule has 0 unspecified atom stereocenters. The van der Waals surface area contributed by atoms with Gasteiger partial charge in [-0.15, -0.1) is 6.42 Å². The van der Waals surface area contributed by atoms with E-state index in [1.165, 1.54) is 6.92 Å². The van der Waals surface area contributed by atoms with E-state index in [9.17, 15) is 18.0 Å². The quantitative estimate of drug-likeness (QED) is 0.521. The Balaban J connectivity index is 2.72. The van der Waals surface area contributed by atoms with Crippen LogP contribution in [0.1, 0.15) is 12.6 Å². The van der Waals surface area contributed by atoms with E-state index in [2.05, 4.69) is 21.2 Å². The van der Waals surface area contributed by atoms with E-state index in [1.54, 1.807) is 0 Å². The average Bonchev–Trinajstić information content (AvgIpc) is 2.35. The Kier molecular flexibility index (Phi) is 5.18. The Bertz CT molecular complexity index is 499. The zero-order chi connectivity index (χ0) is 14.5. The summed E-state index contributed by atoms with van der Waals surface area (Å²) in [6, 6.07) is 0.771. The van der Waals surface area contributed by atoms with Gasteiger partial charge in [-0.3, -0.25) is 4.79 Å². The zero-order valence-electron chi connectivity index (χ0n) is 9.86. The lowest BCUT2D eigenvalue weighted by molar-refractivity contribution is -0.141. The number of hydrogen-bond donors (Lipinski definition) is 1. The van der Waals surface area contributed by atoms with Crippen molar-refractivity contribution in [2.45, 2.75) is 23.5 Å². The highest BCUT2D eigenvalue weighted by Gasteiger charge is 2.33. The van der Waals surface area contributed by atoms with Crippen LogP contribution in [0.2, 0.25) is 0 Å². The van der Waals surface area contributed by atoms with Crippen molar-refractivity contribution >= 4 is 17.7 Å². The van der Waals surface area contributed by atoms with E-state index in [0.717, 1.165) is 24.0 Å². The molecule has 8 heteroatoms. The molecule has 0 radical (unpaired) electrons. The second-order valence-electron chi connectivity index (χ2n) is 3.40. The topological polar surface area (TPSA) is 54.9 Å². The molecule has 0 spiro atoms. The molecule has 0 aliphatic heterocycles. The van der Waals surface area contributed by atoms with Gasteiger partial charge >= 0.3 is 6.18 Å². The van der Waals surface area contributed by atoms with Crippen molar-refractivity contribution in [1.82, 2.24) is 15.3 Å². The van der Waals surface area contributed by atoms with E-state index in [1.807, 2.05) is 0 Å². The van der Waals surface area contributed by atoms with Crippen molar-refractivity contribution in [2.75, 3.05) is 6.54 Å². The van der Waals surface area contributed by atoms with Crippen LogP contribution in [-0.2, 0) is 11.0 Å². The van der Waals surface area contributed by atoms with E-state index in [4.69, 9.17) is 6.42 Å². The number of aromatic nitrogens is 2. The van der Waals surface area contributed by atoms with Gasteiger partial charge in [0.15, 0.2) is 5.16 Å². The molecule has 1 heterocycles. The maximum atomic E-state index is 12.4. The highest BCUT2D eigenvalue weighted by molar-refractivity contribution is 8.00. The maximum Gasteiger partial charge on any atom is 0.433 e. The number of halogens is 3. The zero-order valence-corrected chi connectivity index (χ0v) is 10.7. The smallest absolute Gasteiger partial charge is 0.344 e. The van der Waals surface area contributed by atoms with Crippen molar-refractivity contribution in [3.8, 4) is 12.3 Å². The fourth-order valence-electron chi connectivity index (χ4n) is 1.05. The molecular formula is C11H10F3N3OS. The monoisotopic (exact) mass is 289 g/mol. The number of carbonyl (C=O) groups excluding carboxylic acids is 1. The summed E-state index contributed by atoms with van der Waals surface area (Å²) in [6.07, 6.45) is 1.45.